The zero-order valence-corrected chi connectivity index (χ0v) is 16.2. The number of anilines is 1. The Morgan fingerprint density at radius 3 is 2.97 bits per heavy atom. The number of nitro groups is 1. The van der Waals surface area contributed by atoms with Gasteiger partial charge in [0.15, 0.2) is 5.76 Å². The highest BCUT2D eigenvalue weighted by molar-refractivity contribution is 7.98. The van der Waals surface area contributed by atoms with E-state index in [-0.39, 0.29) is 24.3 Å². The van der Waals surface area contributed by atoms with Crippen molar-refractivity contribution in [2.24, 2.45) is 0 Å². The third-order valence-corrected chi connectivity index (χ3v) is 5.66. The number of nitrogens with zero attached hydrogens (tertiary/aromatic N) is 3. The van der Waals surface area contributed by atoms with E-state index in [1.165, 1.54) is 10.7 Å². The maximum atomic E-state index is 12.5. The average Bonchev–Trinajstić information content (AvgIpc) is 3.46. The third-order valence-electron chi connectivity index (χ3n) is 4.69. The molecule has 29 heavy (non-hydrogen) atoms. The molecule has 11 nitrogen and oxygen atoms in total. The van der Waals surface area contributed by atoms with E-state index < -0.39 is 16.7 Å². The number of hydrogen-bond acceptors (Lipinski definition) is 8. The van der Waals surface area contributed by atoms with E-state index in [2.05, 4.69) is 15.7 Å². The summed E-state index contributed by atoms with van der Waals surface area (Å²) in [5.41, 5.74) is 1.65. The fourth-order valence-corrected chi connectivity index (χ4v) is 4.30. The number of thioether (sulfide) groups is 1. The van der Waals surface area contributed by atoms with Crippen molar-refractivity contribution in [3.8, 4) is 0 Å². The van der Waals surface area contributed by atoms with Crippen LogP contribution >= 0.6 is 11.8 Å². The van der Waals surface area contributed by atoms with Gasteiger partial charge < -0.3 is 19.8 Å². The predicted octanol–water partition coefficient (Wildman–Crippen LogP) is 1.68. The molecule has 1 fully saturated rings. The lowest BCUT2D eigenvalue weighted by Crippen LogP contribution is -2.34. The number of hydrogen-bond donors (Lipinski definition) is 2. The van der Waals surface area contributed by atoms with Crippen LogP contribution in [0, 0.1) is 10.1 Å². The van der Waals surface area contributed by atoms with Crippen molar-refractivity contribution in [2.45, 2.75) is 37.0 Å². The molecule has 0 unspecified atom stereocenters. The van der Waals surface area contributed by atoms with Gasteiger partial charge in [0.05, 0.1) is 17.9 Å². The van der Waals surface area contributed by atoms with Crippen LogP contribution in [0.4, 0.5) is 11.7 Å². The molecular weight excluding hydrogens is 402 g/mol. The molecule has 2 aliphatic rings. The standard InChI is InChI=1S/C17H19N5O6S/c23-14(18-6-10-2-1-5-27-10)7-21-16(11-8-29-9-12(11)20-21)19-17(24)13-3-4-15(28-13)22(25)26/h3-4,10H,1-2,5-9H2,(H,18,23)(H,19,24)/t10-/m0/s1. The molecule has 0 radical (unpaired) electrons. The molecule has 4 rings (SSSR count). The first-order valence-corrected chi connectivity index (χ1v) is 10.3. The van der Waals surface area contributed by atoms with E-state index in [9.17, 15) is 19.7 Å². The van der Waals surface area contributed by atoms with Crippen LogP contribution in [0.5, 0.6) is 0 Å². The van der Waals surface area contributed by atoms with Crippen LogP contribution in [0.2, 0.25) is 0 Å². The van der Waals surface area contributed by atoms with Crippen LogP contribution in [0.25, 0.3) is 0 Å². The molecule has 1 atom stereocenters. The molecule has 0 bridgehead atoms. The van der Waals surface area contributed by atoms with Gasteiger partial charge >= 0.3 is 5.88 Å². The van der Waals surface area contributed by atoms with Crippen molar-refractivity contribution in [1.29, 1.82) is 0 Å². The van der Waals surface area contributed by atoms with E-state index in [1.807, 2.05) is 0 Å². The summed E-state index contributed by atoms with van der Waals surface area (Å²) in [7, 11) is 0. The quantitative estimate of drug-likeness (QED) is 0.508. The van der Waals surface area contributed by atoms with Crippen molar-refractivity contribution >= 4 is 35.3 Å². The number of amides is 2. The normalized spacial score (nSPS) is 17.9. The first kappa shape index (κ1) is 19.5. The summed E-state index contributed by atoms with van der Waals surface area (Å²) >= 11 is 1.65. The number of fused-ring (bicyclic) bond motifs is 1. The minimum Gasteiger partial charge on any atom is -0.395 e. The Bertz CT molecular complexity index is 948. The summed E-state index contributed by atoms with van der Waals surface area (Å²) in [5.74, 6) is 0.165. The maximum Gasteiger partial charge on any atom is 0.433 e. The molecule has 2 N–H and O–H groups in total. The van der Waals surface area contributed by atoms with Crippen molar-refractivity contribution < 1.29 is 23.7 Å². The largest absolute Gasteiger partial charge is 0.433 e. The lowest BCUT2D eigenvalue weighted by molar-refractivity contribution is -0.402. The average molecular weight is 421 g/mol. The number of carbonyl (C=O) groups excluding carboxylic acids is 2. The zero-order valence-electron chi connectivity index (χ0n) is 15.4. The second-order valence-electron chi connectivity index (χ2n) is 6.71. The molecule has 4 heterocycles. The molecule has 0 aliphatic carbocycles. The number of carbonyl (C=O) groups is 2. The first-order chi connectivity index (χ1) is 14.0. The summed E-state index contributed by atoms with van der Waals surface area (Å²) in [4.78, 5) is 34.9. The van der Waals surface area contributed by atoms with Gasteiger partial charge in [-0.15, -0.1) is 0 Å². The predicted molar refractivity (Wildman–Crippen MR) is 103 cm³/mol. The van der Waals surface area contributed by atoms with Gasteiger partial charge in [0.1, 0.15) is 17.3 Å². The van der Waals surface area contributed by atoms with Gasteiger partial charge in [0.2, 0.25) is 5.91 Å². The van der Waals surface area contributed by atoms with E-state index in [4.69, 9.17) is 9.15 Å². The Morgan fingerprint density at radius 2 is 2.24 bits per heavy atom. The number of ether oxygens (including phenoxy) is 1. The van der Waals surface area contributed by atoms with Crippen molar-refractivity contribution in [2.75, 3.05) is 18.5 Å². The zero-order chi connectivity index (χ0) is 20.4. The number of furan rings is 1. The van der Waals surface area contributed by atoms with Gasteiger partial charge in [-0.1, -0.05) is 0 Å². The molecule has 2 aromatic rings. The molecular formula is C17H19N5O6S. The molecule has 2 aromatic heterocycles. The third kappa shape index (κ3) is 4.27. The highest BCUT2D eigenvalue weighted by Gasteiger charge is 2.27. The summed E-state index contributed by atoms with van der Waals surface area (Å²) in [6, 6.07) is 2.35. The Labute approximate surface area is 169 Å². The van der Waals surface area contributed by atoms with Crippen LogP contribution in [0.15, 0.2) is 16.5 Å². The van der Waals surface area contributed by atoms with E-state index in [1.54, 1.807) is 11.8 Å². The topological polar surface area (TPSA) is 142 Å². The first-order valence-electron chi connectivity index (χ1n) is 9.11. The highest BCUT2D eigenvalue weighted by Crippen LogP contribution is 2.35. The molecule has 2 amide bonds. The monoisotopic (exact) mass is 421 g/mol. The van der Waals surface area contributed by atoms with Crippen LogP contribution in [-0.2, 0) is 27.6 Å². The molecule has 0 aromatic carbocycles. The van der Waals surface area contributed by atoms with Gasteiger partial charge in [-0.2, -0.15) is 16.9 Å². The Morgan fingerprint density at radius 1 is 1.38 bits per heavy atom. The van der Waals surface area contributed by atoms with Gasteiger partial charge in [-0.05, 0) is 18.9 Å². The summed E-state index contributed by atoms with van der Waals surface area (Å²) in [5, 5.41) is 20.7. The molecule has 0 saturated carbocycles. The van der Waals surface area contributed by atoms with Crippen LogP contribution in [0.3, 0.4) is 0 Å². The van der Waals surface area contributed by atoms with Crippen LogP contribution in [-0.4, -0.2) is 45.8 Å². The highest BCUT2D eigenvalue weighted by atomic mass is 32.2. The van der Waals surface area contributed by atoms with Gasteiger partial charge in [-0.25, -0.2) is 4.68 Å². The minimum atomic E-state index is -0.715. The molecule has 2 aliphatic heterocycles. The van der Waals surface area contributed by atoms with E-state index in [0.29, 0.717) is 30.5 Å². The Kier molecular flexibility index (Phi) is 5.53. The molecule has 12 heteroatoms. The molecule has 154 valence electrons. The SMILES string of the molecule is O=C(Cn1nc2c(c1NC(=O)c1ccc([N+](=O)[O-])o1)CSC2)NC[C@@H]1CCCO1. The summed E-state index contributed by atoms with van der Waals surface area (Å²) < 4.78 is 11.9. The van der Waals surface area contributed by atoms with Gasteiger partial charge in [0, 0.05) is 30.2 Å². The van der Waals surface area contributed by atoms with Crippen LogP contribution in [0.1, 0.15) is 34.7 Å². The summed E-state index contributed by atoms with van der Waals surface area (Å²) in [6.07, 6.45) is 1.95. The lowest BCUT2D eigenvalue weighted by atomic mass is 10.2. The van der Waals surface area contributed by atoms with E-state index in [0.717, 1.165) is 30.2 Å². The lowest BCUT2D eigenvalue weighted by Gasteiger charge is -2.13. The fourth-order valence-electron chi connectivity index (χ4n) is 3.26. The maximum absolute atomic E-state index is 12.5. The number of nitrogens with one attached hydrogen (secondary N) is 2. The van der Waals surface area contributed by atoms with Crippen molar-refractivity contribution in [3.05, 3.63) is 39.3 Å². The second-order valence-corrected chi connectivity index (χ2v) is 7.70. The second kappa shape index (κ2) is 8.25. The minimum absolute atomic E-state index is 0.0342. The number of aromatic nitrogens is 2. The Balaban J connectivity index is 1.46. The molecule has 1 saturated heterocycles. The van der Waals surface area contributed by atoms with Gasteiger partial charge in [-0.3, -0.25) is 19.7 Å². The Hall–Kier alpha value is -2.86. The summed E-state index contributed by atoms with van der Waals surface area (Å²) in [6.45, 7) is 1.09. The van der Waals surface area contributed by atoms with E-state index >= 15 is 0 Å². The van der Waals surface area contributed by atoms with Gasteiger partial charge in [0.25, 0.3) is 5.91 Å². The number of rotatable bonds is 7. The van der Waals surface area contributed by atoms with Crippen LogP contribution < -0.4 is 10.6 Å². The van der Waals surface area contributed by atoms with Crippen molar-refractivity contribution in [3.63, 3.8) is 0 Å². The smallest absolute Gasteiger partial charge is 0.395 e. The fraction of sp³-hybridized carbons (Fsp3) is 0.471. The molecule has 0 spiro atoms. The van der Waals surface area contributed by atoms with Crippen molar-refractivity contribution in [1.82, 2.24) is 15.1 Å².